The summed E-state index contributed by atoms with van der Waals surface area (Å²) in [6.45, 7) is 8.17. The van der Waals surface area contributed by atoms with Crippen LogP contribution in [-0.2, 0) is 4.74 Å². The minimum Gasteiger partial charge on any atom is -0.444 e. The molecule has 1 fully saturated rings. The van der Waals surface area contributed by atoms with E-state index >= 15 is 0 Å². The number of amides is 2. The largest absolute Gasteiger partial charge is 0.444 e. The lowest BCUT2D eigenvalue weighted by molar-refractivity contribution is 0.0196. The summed E-state index contributed by atoms with van der Waals surface area (Å²) in [6.07, 6.45) is 2.51. The van der Waals surface area contributed by atoms with Gasteiger partial charge < -0.3 is 15.4 Å². The fraction of sp³-hybridized carbons (Fsp3) is 0.370. The van der Waals surface area contributed by atoms with Gasteiger partial charge in [-0.05, 0) is 75.8 Å². The molecule has 1 aliphatic rings. The van der Waals surface area contributed by atoms with Crippen molar-refractivity contribution in [3.63, 3.8) is 0 Å². The van der Waals surface area contributed by atoms with Crippen LogP contribution in [0.2, 0.25) is 0 Å². The number of pyridine rings is 1. The number of piperidine rings is 1. The van der Waals surface area contributed by atoms with Crippen LogP contribution in [0.25, 0.3) is 10.8 Å². The van der Waals surface area contributed by atoms with Crippen LogP contribution in [-0.4, -0.2) is 46.6 Å². The highest BCUT2D eigenvalue weighted by Crippen LogP contribution is 2.33. The van der Waals surface area contributed by atoms with Gasteiger partial charge in [-0.1, -0.05) is 18.2 Å². The van der Waals surface area contributed by atoms with E-state index in [2.05, 4.69) is 4.98 Å². The van der Waals surface area contributed by atoms with Gasteiger partial charge in [0.2, 0.25) is 0 Å². The van der Waals surface area contributed by atoms with Gasteiger partial charge in [-0.2, -0.15) is 0 Å². The Bertz CT molecular complexity index is 1270. The first-order chi connectivity index (χ1) is 16.5. The zero-order chi connectivity index (χ0) is 25.3. The standard InChI is InChI=1S/C27H31FN4O3/c1-17-7-5-8-18-12-13-30-24(23(17)18)32(25(33)21-11-10-19(29)15-22(21)28)20-9-6-14-31(16-20)26(34)35-27(2,3)4/h5,7-8,10-13,15,20H,6,9,14,16,29H2,1-4H3/t20-/m1/s1. The van der Waals surface area contributed by atoms with E-state index in [0.717, 1.165) is 22.4 Å². The monoisotopic (exact) mass is 478 g/mol. The third-order valence-electron chi connectivity index (χ3n) is 6.06. The number of aryl methyl sites for hydroxylation is 1. The second kappa shape index (κ2) is 9.52. The van der Waals surface area contributed by atoms with Crippen molar-refractivity contribution in [1.82, 2.24) is 9.88 Å². The van der Waals surface area contributed by atoms with Gasteiger partial charge in [0.1, 0.15) is 17.2 Å². The Balaban J connectivity index is 1.80. The lowest BCUT2D eigenvalue weighted by Crippen LogP contribution is -2.53. The number of anilines is 2. The molecule has 3 aromatic rings. The molecule has 0 aliphatic carbocycles. The van der Waals surface area contributed by atoms with Gasteiger partial charge in [-0.15, -0.1) is 0 Å². The highest BCUT2D eigenvalue weighted by molar-refractivity contribution is 6.11. The molecule has 0 bridgehead atoms. The number of nitrogens with two attached hydrogens (primary N) is 1. The van der Waals surface area contributed by atoms with Gasteiger partial charge in [0.25, 0.3) is 5.91 Å². The number of aromatic nitrogens is 1. The van der Waals surface area contributed by atoms with E-state index in [4.69, 9.17) is 10.5 Å². The lowest BCUT2D eigenvalue weighted by atomic mass is 10.00. The van der Waals surface area contributed by atoms with Gasteiger partial charge in [-0.3, -0.25) is 9.69 Å². The first kappa shape index (κ1) is 24.4. The number of likely N-dealkylation sites (tertiary alicyclic amines) is 1. The molecule has 1 aromatic heterocycles. The van der Waals surface area contributed by atoms with Crippen molar-refractivity contribution in [2.75, 3.05) is 23.7 Å². The van der Waals surface area contributed by atoms with E-state index in [0.29, 0.717) is 25.2 Å². The number of hydrogen-bond donors (Lipinski definition) is 1. The number of hydrogen-bond acceptors (Lipinski definition) is 5. The first-order valence-corrected chi connectivity index (χ1v) is 11.8. The molecule has 8 heteroatoms. The van der Waals surface area contributed by atoms with Crippen molar-refractivity contribution in [3.05, 3.63) is 65.6 Å². The fourth-order valence-electron chi connectivity index (χ4n) is 4.50. The maximum atomic E-state index is 14.9. The van der Waals surface area contributed by atoms with Crippen LogP contribution in [0.15, 0.2) is 48.7 Å². The van der Waals surface area contributed by atoms with Gasteiger partial charge in [-0.25, -0.2) is 14.2 Å². The normalized spacial score (nSPS) is 16.3. The van der Waals surface area contributed by atoms with Crippen LogP contribution in [0.4, 0.5) is 20.7 Å². The molecule has 0 saturated carbocycles. The van der Waals surface area contributed by atoms with Gasteiger partial charge in [0.15, 0.2) is 0 Å². The van der Waals surface area contributed by atoms with E-state index in [-0.39, 0.29) is 17.8 Å². The smallest absolute Gasteiger partial charge is 0.410 e. The van der Waals surface area contributed by atoms with Crippen molar-refractivity contribution >= 4 is 34.3 Å². The second-order valence-corrected chi connectivity index (χ2v) is 9.94. The average Bonchev–Trinajstić information content (AvgIpc) is 2.78. The molecular formula is C27H31FN4O3. The van der Waals surface area contributed by atoms with Crippen molar-refractivity contribution < 1.29 is 18.7 Å². The summed E-state index contributed by atoms with van der Waals surface area (Å²) in [5, 5.41) is 1.74. The van der Waals surface area contributed by atoms with Crippen molar-refractivity contribution in [2.24, 2.45) is 0 Å². The Morgan fingerprint density at radius 1 is 1.20 bits per heavy atom. The molecule has 1 saturated heterocycles. The summed E-state index contributed by atoms with van der Waals surface area (Å²) in [6, 6.07) is 11.3. The maximum absolute atomic E-state index is 14.9. The highest BCUT2D eigenvalue weighted by atomic mass is 19.1. The minimum atomic E-state index is -0.697. The number of benzene rings is 2. The molecule has 1 aliphatic heterocycles. The maximum Gasteiger partial charge on any atom is 0.410 e. The molecule has 2 aromatic carbocycles. The van der Waals surface area contributed by atoms with E-state index in [9.17, 15) is 14.0 Å². The van der Waals surface area contributed by atoms with Gasteiger partial charge in [0.05, 0.1) is 11.6 Å². The summed E-state index contributed by atoms with van der Waals surface area (Å²) in [7, 11) is 0. The molecule has 2 heterocycles. The fourth-order valence-corrected chi connectivity index (χ4v) is 4.50. The van der Waals surface area contributed by atoms with E-state index < -0.39 is 29.5 Å². The predicted molar refractivity (Wildman–Crippen MR) is 135 cm³/mol. The van der Waals surface area contributed by atoms with Crippen LogP contribution in [0, 0.1) is 12.7 Å². The summed E-state index contributed by atoms with van der Waals surface area (Å²) in [4.78, 5) is 34.5. The van der Waals surface area contributed by atoms with E-state index in [1.807, 2.05) is 52.0 Å². The van der Waals surface area contributed by atoms with Crippen molar-refractivity contribution in [2.45, 2.75) is 52.2 Å². The molecule has 4 rings (SSSR count). The number of ether oxygens (including phenoxy) is 1. The number of fused-ring (bicyclic) bond motifs is 1. The Hall–Kier alpha value is -3.68. The zero-order valence-corrected chi connectivity index (χ0v) is 20.5. The number of carbonyl (C=O) groups is 2. The van der Waals surface area contributed by atoms with Gasteiger partial charge >= 0.3 is 6.09 Å². The van der Waals surface area contributed by atoms with E-state index in [1.165, 1.54) is 12.1 Å². The number of rotatable bonds is 3. The third-order valence-corrected chi connectivity index (χ3v) is 6.06. The topological polar surface area (TPSA) is 88.8 Å². The first-order valence-electron chi connectivity index (χ1n) is 11.8. The number of nitrogens with zero attached hydrogens (tertiary/aromatic N) is 3. The average molecular weight is 479 g/mol. The number of carbonyl (C=O) groups excluding carboxylic acids is 2. The minimum absolute atomic E-state index is 0.0963. The predicted octanol–water partition coefficient (Wildman–Crippen LogP) is 5.31. The Kier molecular flexibility index (Phi) is 6.65. The molecule has 184 valence electrons. The number of halogens is 1. The Labute approximate surface area is 204 Å². The molecule has 0 spiro atoms. The molecular weight excluding hydrogens is 447 g/mol. The summed E-state index contributed by atoms with van der Waals surface area (Å²) < 4.78 is 20.5. The highest BCUT2D eigenvalue weighted by Gasteiger charge is 2.36. The lowest BCUT2D eigenvalue weighted by Gasteiger charge is -2.39. The van der Waals surface area contributed by atoms with E-state index in [1.54, 1.807) is 16.0 Å². The number of nitrogen functional groups attached to an aromatic ring is 1. The van der Waals surface area contributed by atoms with Crippen molar-refractivity contribution in [1.29, 1.82) is 0 Å². The van der Waals surface area contributed by atoms with Crippen LogP contribution < -0.4 is 10.6 Å². The quantitative estimate of drug-likeness (QED) is 0.515. The summed E-state index contributed by atoms with van der Waals surface area (Å²) >= 11 is 0. The zero-order valence-electron chi connectivity index (χ0n) is 20.5. The summed E-state index contributed by atoms with van der Waals surface area (Å²) in [5.41, 5.74) is 6.16. The summed E-state index contributed by atoms with van der Waals surface area (Å²) in [5.74, 6) is -0.781. The van der Waals surface area contributed by atoms with Crippen molar-refractivity contribution in [3.8, 4) is 0 Å². The van der Waals surface area contributed by atoms with Gasteiger partial charge in [0, 0.05) is 30.4 Å². The second-order valence-electron chi connectivity index (χ2n) is 9.94. The molecule has 1 atom stereocenters. The third kappa shape index (κ3) is 5.21. The van der Waals surface area contributed by atoms with Crippen LogP contribution in [0.1, 0.15) is 49.5 Å². The molecule has 0 radical (unpaired) electrons. The molecule has 7 nitrogen and oxygen atoms in total. The SMILES string of the molecule is Cc1cccc2ccnc(N(C(=O)c3ccc(N)cc3F)[C@@H]3CCCN(C(=O)OC(C)(C)C)C3)c12. The molecule has 2 amide bonds. The molecule has 0 unspecified atom stereocenters. The van der Waals surface area contributed by atoms with Crippen LogP contribution in [0.5, 0.6) is 0 Å². The Morgan fingerprint density at radius 2 is 1.97 bits per heavy atom. The Morgan fingerprint density at radius 3 is 2.69 bits per heavy atom. The van der Waals surface area contributed by atoms with Crippen LogP contribution >= 0.6 is 0 Å². The molecule has 35 heavy (non-hydrogen) atoms. The molecule has 2 N–H and O–H groups in total. The van der Waals surface area contributed by atoms with Crippen LogP contribution in [0.3, 0.4) is 0 Å².